The zero-order chi connectivity index (χ0) is 12.7. The first-order chi connectivity index (χ1) is 8.09. The number of carbonyl (C=O) groups is 1. The van der Waals surface area contributed by atoms with Crippen molar-refractivity contribution >= 4 is 5.97 Å². The normalized spacial score (nSPS) is 11.8. The first-order valence-corrected chi connectivity index (χ1v) is 5.17. The second-order valence-corrected chi connectivity index (χ2v) is 3.51. The highest BCUT2D eigenvalue weighted by Gasteiger charge is 2.15. The molecule has 1 unspecified atom stereocenters. The number of nitrogens with zero attached hydrogens (tertiary/aromatic N) is 1. The number of hydrogen-bond acceptors (Lipinski definition) is 4. The van der Waals surface area contributed by atoms with Crippen molar-refractivity contribution in [2.45, 2.75) is 25.4 Å². The molecule has 6 nitrogen and oxygen atoms in total. The molecule has 17 heavy (non-hydrogen) atoms. The van der Waals surface area contributed by atoms with Gasteiger partial charge in [0.05, 0.1) is 0 Å². The monoisotopic (exact) mass is 239 g/mol. The Bertz CT molecular complexity index is 379. The van der Waals surface area contributed by atoms with E-state index in [1.165, 1.54) is 0 Å². The lowest BCUT2D eigenvalue weighted by Crippen LogP contribution is -2.10. The minimum Gasteiger partial charge on any atom is -0.481 e. The third kappa shape index (κ3) is 4.96. The fraction of sp³-hybridized carbons (Fsp3) is 0.364. The van der Waals surface area contributed by atoms with Gasteiger partial charge in [-0.2, -0.15) is 0 Å². The largest absolute Gasteiger partial charge is 0.481 e. The summed E-state index contributed by atoms with van der Waals surface area (Å²) >= 11 is 0. The van der Waals surface area contributed by atoms with E-state index in [2.05, 4.69) is 4.84 Å². The minimum atomic E-state index is -0.919. The highest BCUT2D eigenvalue weighted by atomic mass is 17.0. The standard InChI is InChI=1S/C11H13NO5/c13-11(14)8-4-7-10(17-12(15)16)9-5-2-1-3-6-9/h1-3,5-6,10H,4,7-8H2,(H,13,14). The molecule has 0 fully saturated rings. The van der Waals surface area contributed by atoms with Gasteiger partial charge in [0.15, 0.2) is 0 Å². The molecule has 0 aliphatic carbocycles. The average molecular weight is 239 g/mol. The summed E-state index contributed by atoms with van der Waals surface area (Å²) in [4.78, 5) is 25.3. The van der Waals surface area contributed by atoms with Gasteiger partial charge in [-0.15, -0.1) is 10.1 Å². The number of hydrogen-bond donors (Lipinski definition) is 1. The SMILES string of the molecule is O=C(O)CCCC(O[N+](=O)[O-])c1ccccc1. The quantitative estimate of drug-likeness (QED) is 0.581. The Kier molecular flexibility index (Phi) is 4.93. The lowest BCUT2D eigenvalue weighted by molar-refractivity contribution is -0.771. The van der Waals surface area contributed by atoms with Gasteiger partial charge in [0.1, 0.15) is 6.10 Å². The van der Waals surface area contributed by atoms with Crippen molar-refractivity contribution in [3.63, 3.8) is 0 Å². The second kappa shape index (κ2) is 6.47. The van der Waals surface area contributed by atoms with E-state index in [1.807, 2.05) is 0 Å². The maximum atomic E-state index is 10.4. The molecule has 0 bridgehead atoms. The summed E-state index contributed by atoms with van der Waals surface area (Å²) in [5.74, 6) is -0.919. The molecule has 0 aliphatic heterocycles. The van der Waals surface area contributed by atoms with E-state index in [0.29, 0.717) is 18.4 Å². The molecule has 1 aromatic rings. The summed E-state index contributed by atoms with van der Waals surface area (Å²) < 4.78 is 0. The summed E-state index contributed by atoms with van der Waals surface area (Å²) in [5.41, 5.74) is 0.676. The lowest BCUT2D eigenvalue weighted by atomic mass is 10.0. The van der Waals surface area contributed by atoms with Crippen molar-refractivity contribution in [2.24, 2.45) is 0 Å². The van der Waals surface area contributed by atoms with Crippen LogP contribution in [-0.2, 0) is 9.63 Å². The number of rotatable bonds is 7. The molecule has 1 rings (SSSR count). The van der Waals surface area contributed by atoms with Crippen LogP contribution in [0.1, 0.15) is 30.9 Å². The molecule has 6 heteroatoms. The van der Waals surface area contributed by atoms with Gasteiger partial charge >= 0.3 is 5.97 Å². The Labute approximate surface area is 97.9 Å². The maximum Gasteiger partial charge on any atom is 0.303 e. The number of benzene rings is 1. The molecule has 0 saturated heterocycles. The summed E-state index contributed by atoms with van der Waals surface area (Å²) in [5, 5.41) is 18.0. The van der Waals surface area contributed by atoms with Gasteiger partial charge in [0.25, 0.3) is 5.09 Å². The predicted octanol–water partition coefficient (Wildman–Crippen LogP) is 2.19. The molecule has 0 aliphatic rings. The second-order valence-electron chi connectivity index (χ2n) is 3.51. The first kappa shape index (κ1) is 13.0. The van der Waals surface area contributed by atoms with Crippen molar-refractivity contribution in [2.75, 3.05) is 0 Å². The van der Waals surface area contributed by atoms with E-state index >= 15 is 0 Å². The van der Waals surface area contributed by atoms with Gasteiger partial charge in [-0.25, -0.2) is 0 Å². The van der Waals surface area contributed by atoms with Crippen LogP contribution >= 0.6 is 0 Å². The Hall–Kier alpha value is -2.11. The van der Waals surface area contributed by atoms with E-state index in [9.17, 15) is 14.9 Å². The van der Waals surface area contributed by atoms with Gasteiger partial charge in [-0.1, -0.05) is 30.3 Å². The van der Waals surface area contributed by atoms with Gasteiger partial charge in [-0.05, 0) is 18.4 Å². The topological polar surface area (TPSA) is 89.7 Å². The van der Waals surface area contributed by atoms with E-state index in [4.69, 9.17) is 5.11 Å². The van der Waals surface area contributed by atoms with Crippen LogP contribution in [0, 0.1) is 10.1 Å². The minimum absolute atomic E-state index is 0.0234. The fourth-order valence-electron chi connectivity index (χ4n) is 1.49. The average Bonchev–Trinajstić information content (AvgIpc) is 2.28. The Morgan fingerprint density at radius 2 is 2.06 bits per heavy atom. The third-order valence-electron chi connectivity index (χ3n) is 2.24. The fourth-order valence-corrected chi connectivity index (χ4v) is 1.49. The summed E-state index contributed by atoms with van der Waals surface area (Å²) in [6.45, 7) is 0. The van der Waals surface area contributed by atoms with Crippen molar-refractivity contribution in [3.05, 3.63) is 46.0 Å². The van der Waals surface area contributed by atoms with Crippen molar-refractivity contribution < 1.29 is 19.8 Å². The van der Waals surface area contributed by atoms with Crippen molar-refractivity contribution in [1.29, 1.82) is 0 Å². The predicted molar refractivity (Wildman–Crippen MR) is 58.7 cm³/mol. The van der Waals surface area contributed by atoms with E-state index in [1.54, 1.807) is 30.3 Å². The molecule has 92 valence electrons. The number of aliphatic carboxylic acids is 1. The van der Waals surface area contributed by atoms with Gasteiger partial charge in [0.2, 0.25) is 0 Å². The summed E-state index contributed by atoms with van der Waals surface area (Å²) in [7, 11) is 0. The number of carboxylic acids is 1. The zero-order valence-corrected chi connectivity index (χ0v) is 9.11. The molecule has 1 atom stereocenters. The summed E-state index contributed by atoms with van der Waals surface area (Å²) in [6.07, 6.45) is -0.0877. The van der Waals surface area contributed by atoms with Gasteiger partial charge < -0.3 is 9.94 Å². The van der Waals surface area contributed by atoms with Crippen LogP contribution < -0.4 is 0 Å². The molecular formula is C11H13NO5. The smallest absolute Gasteiger partial charge is 0.303 e. The maximum absolute atomic E-state index is 10.4. The first-order valence-electron chi connectivity index (χ1n) is 5.17. The van der Waals surface area contributed by atoms with Crippen LogP contribution in [0.5, 0.6) is 0 Å². The molecule has 0 heterocycles. The highest BCUT2D eigenvalue weighted by Crippen LogP contribution is 2.23. The molecule has 0 spiro atoms. The van der Waals surface area contributed by atoms with Crippen molar-refractivity contribution in [1.82, 2.24) is 0 Å². The van der Waals surface area contributed by atoms with E-state index in [-0.39, 0.29) is 6.42 Å². The zero-order valence-electron chi connectivity index (χ0n) is 9.11. The Balaban J connectivity index is 2.61. The van der Waals surface area contributed by atoms with Crippen LogP contribution in [0.25, 0.3) is 0 Å². The molecule has 1 N–H and O–H groups in total. The molecule has 1 aromatic carbocycles. The molecule has 0 aromatic heterocycles. The van der Waals surface area contributed by atoms with Crippen LogP contribution in [0.15, 0.2) is 30.3 Å². The molecule has 0 saturated carbocycles. The lowest BCUT2D eigenvalue weighted by Gasteiger charge is -2.14. The third-order valence-corrected chi connectivity index (χ3v) is 2.24. The summed E-state index contributed by atoms with van der Waals surface area (Å²) in [6, 6.07) is 8.74. The van der Waals surface area contributed by atoms with Crippen LogP contribution in [0.2, 0.25) is 0 Å². The molecule has 0 amide bonds. The Morgan fingerprint density at radius 1 is 1.41 bits per heavy atom. The van der Waals surface area contributed by atoms with Crippen LogP contribution in [-0.4, -0.2) is 16.2 Å². The van der Waals surface area contributed by atoms with Crippen molar-refractivity contribution in [3.8, 4) is 0 Å². The van der Waals surface area contributed by atoms with Crippen LogP contribution in [0.3, 0.4) is 0 Å². The van der Waals surface area contributed by atoms with Gasteiger partial charge in [-0.3, -0.25) is 4.79 Å². The number of carboxylic acid groups (broad SMARTS) is 1. The Morgan fingerprint density at radius 3 is 2.59 bits per heavy atom. The molecular weight excluding hydrogens is 226 g/mol. The van der Waals surface area contributed by atoms with Crippen LogP contribution in [0.4, 0.5) is 0 Å². The van der Waals surface area contributed by atoms with E-state index in [0.717, 1.165) is 0 Å². The molecule has 0 radical (unpaired) electrons. The highest BCUT2D eigenvalue weighted by molar-refractivity contribution is 5.66. The van der Waals surface area contributed by atoms with Gasteiger partial charge in [0, 0.05) is 6.42 Å². The van der Waals surface area contributed by atoms with E-state index < -0.39 is 17.2 Å².